The van der Waals surface area contributed by atoms with E-state index in [0.717, 1.165) is 16.8 Å². The molecule has 0 radical (unpaired) electrons. The molecule has 7 heteroatoms. The summed E-state index contributed by atoms with van der Waals surface area (Å²) in [4.78, 5) is 19.0. The molecule has 0 N–H and O–H groups in total. The van der Waals surface area contributed by atoms with E-state index >= 15 is 0 Å². The van der Waals surface area contributed by atoms with Crippen LogP contribution in [0.25, 0.3) is 0 Å². The average molecular weight is 388 g/mol. The number of carbonyl (C=O) groups excluding carboxylic acids is 1. The van der Waals surface area contributed by atoms with Crippen molar-refractivity contribution in [2.45, 2.75) is 38.6 Å². The van der Waals surface area contributed by atoms with E-state index in [2.05, 4.69) is 4.98 Å². The molecule has 0 aliphatic carbocycles. The largest absolute Gasteiger partial charge is 0.333 e. The van der Waals surface area contributed by atoms with Crippen molar-refractivity contribution >= 4 is 15.9 Å². The van der Waals surface area contributed by atoms with Gasteiger partial charge in [0.1, 0.15) is 0 Å². The molecular formula is C20H25N3O3S. The molecule has 1 fully saturated rings. The molecule has 0 spiro atoms. The Morgan fingerprint density at radius 2 is 1.85 bits per heavy atom. The molecule has 0 saturated carbocycles. The molecule has 1 atom stereocenters. The number of hydrogen-bond donors (Lipinski definition) is 0. The first-order valence-electron chi connectivity index (χ1n) is 9.01. The molecule has 1 aromatic heterocycles. The highest BCUT2D eigenvalue weighted by molar-refractivity contribution is 7.89. The monoisotopic (exact) mass is 387 g/mol. The number of amides is 1. The number of rotatable bonds is 3. The van der Waals surface area contributed by atoms with Gasteiger partial charge in [0.25, 0.3) is 5.91 Å². The lowest BCUT2D eigenvalue weighted by Gasteiger charge is -2.39. The van der Waals surface area contributed by atoms with Crippen LogP contribution in [0.4, 0.5) is 0 Å². The number of hydrogen-bond acceptors (Lipinski definition) is 4. The molecule has 1 saturated heterocycles. The highest BCUT2D eigenvalue weighted by Gasteiger charge is 2.35. The third kappa shape index (κ3) is 3.89. The van der Waals surface area contributed by atoms with E-state index in [9.17, 15) is 13.2 Å². The van der Waals surface area contributed by atoms with Gasteiger partial charge in [0.2, 0.25) is 10.0 Å². The smallest absolute Gasteiger partial charge is 0.255 e. The number of carbonyl (C=O) groups is 1. The van der Waals surface area contributed by atoms with Crippen LogP contribution in [-0.4, -0.2) is 54.2 Å². The third-order valence-corrected chi connectivity index (χ3v) is 6.98. The van der Waals surface area contributed by atoms with Crippen molar-refractivity contribution in [1.82, 2.24) is 14.2 Å². The lowest BCUT2D eigenvalue weighted by atomic mass is 10.1. The zero-order chi connectivity index (χ0) is 19.8. The molecule has 3 rings (SSSR count). The summed E-state index contributed by atoms with van der Waals surface area (Å²) in [5.74, 6) is -0.112. The number of aryl methyl sites for hydroxylation is 3. The first-order valence-corrected chi connectivity index (χ1v) is 10.4. The van der Waals surface area contributed by atoms with E-state index in [1.807, 2.05) is 32.9 Å². The van der Waals surface area contributed by atoms with Crippen LogP contribution in [-0.2, 0) is 10.0 Å². The quantitative estimate of drug-likeness (QED) is 0.811. The number of pyridine rings is 1. The van der Waals surface area contributed by atoms with Gasteiger partial charge >= 0.3 is 0 Å². The maximum absolute atomic E-state index is 13.1. The number of piperazine rings is 1. The number of benzene rings is 1. The second kappa shape index (κ2) is 7.40. The molecule has 6 nitrogen and oxygen atoms in total. The van der Waals surface area contributed by atoms with Crippen LogP contribution in [0.15, 0.2) is 41.4 Å². The van der Waals surface area contributed by atoms with Gasteiger partial charge in [-0.1, -0.05) is 12.1 Å². The van der Waals surface area contributed by atoms with Crippen molar-refractivity contribution in [3.8, 4) is 0 Å². The zero-order valence-corrected chi connectivity index (χ0v) is 17.0. The maximum atomic E-state index is 13.1. The topological polar surface area (TPSA) is 70.6 Å². The average Bonchev–Trinajstić information content (AvgIpc) is 2.63. The van der Waals surface area contributed by atoms with E-state index in [1.54, 1.807) is 36.2 Å². The molecule has 144 valence electrons. The van der Waals surface area contributed by atoms with E-state index in [4.69, 9.17) is 0 Å². The van der Waals surface area contributed by atoms with Crippen molar-refractivity contribution < 1.29 is 13.2 Å². The van der Waals surface area contributed by atoms with Crippen LogP contribution in [0.2, 0.25) is 0 Å². The summed E-state index contributed by atoms with van der Waals surface area (Å²) in [6, 6.07) is 8.80. The highest BCUT2D eigenvalue weighted by Crippen LogP contribution is 2.24. The summed E-state index contributed by atoms with van der Waals surface area (Å²) >= 11 is 0. The Labute approximate surface area is 160 Å². The van der Waals surface area contributed by atoms with E-state index < -0.39 is 10.0 Å². The van der Waals surface area contributed by atoms with E-state index in [1.165, 1.54) is 4.31 Å². The van der Waals surface area contributed by atoms with Crippen molar-refractivity contribution in [2.75, 3.05) is 19.6 Å². The van der Waals surface area contributed by atoms with E-state index in [0.29, 0.717) is 17.0 Å². The van der Waals surface area contributed by atoms with Gasteiger partial charge in [0.15, 0.2) is 0 Å². The van der Waals surface area contributed by atoms with Gasteiger partial charge < -0.3 is 4.90 Å². The standard InChI is InChI=1S/C20H25N3O3S/c1-14-5-6-15(2)19(11-14)27(25,26)22-9-10-23(17(4)13-22)20(24)18-8-7-16(3)21-12-18/h5-8,11-12,17H,9-10,13H2,1-4H3/t17-/m0/s1. The summed E-state index contributed by atoms with van der Waals surface area (Å²) < 4.78 is 27.7. The zero-order valence-electron chi connectivity index (χ0n) is 16.1. The Bertz CT molecular complexity index is 955. The number of sulfonamides is 1. The van der Waals surface area contributed by atoms with Crippen molar-refractivity contribution in [3.05, 3.63) is 58.9 Å². The molecule has 0 unspecified atom stereocenters. The van der Waals surface area contributed by atoms with Crippen LogP contribution in [0.1, 0.15) is 34.1 Å². The molecule has 1 aromatic carbocycles. The molecular weight excluding hydrogens is 362 g/mol. The normalized spacial score (nSPS) is 18.5. The van der Waals surface area contributed by atoms with Crippen LogP contribution < -0.4 is 0 Å². The second-order valence-electron chi connectivity index (χ2n) is 7.17. The molecule has 1 amide bonds. The van der Waals surface area contributed by atoms with Crippen LogP contribution >= 0.6 is 0 Å². The second-order valence-corrected chi connectivity index (χ2v) is 9.07. The van der Waals surface area contributed by atoms with Gasteiger partial charge in [-0.2, -0.15) is 4.31 Å². The summed E-state index contributed by atoms with van der Waals surface area (Å²) in [6.45, 7) is 8.36. The predicted octanol–water partition coefficient (Wildman–Crippen LogP) is 2.54. The Hall–Kier alpha value is -2.25. The van der Waals surface area contributed by atoms with Crippen molar-refractivity contribution in [3.63, 3.8) is 0 Å². The predicted molar refractivity (Wildman–Crippen MR) is 104 cm³/mol. The minimum Gasteiger partial charge on any atom is -0.333 e. The van der Waals surface area contributed by atoms with Crippen LogP contribution in [0, 0.1) is 20.8 Å². The molecule has 2 heterocycles. The van der Waals surface area contributed by atoms with Gasteiger partial charge in [0, 0.05) is 37.6 Å². The molecule has 1 aliphatic rings. The first kappa shape index (κ1) is 19.5. The lowest BCUT2D eigenvalue weighted by molar-refractivity contribution is 0.0591. The van der Waals surface area contributed by atoms with Crippen LogP contribution in [0.5, 0.6) is 0 Å². The van der Waals surface area contributed by atoms with Gasteiger partial charge in [-0.3, -0.25) is 9.78 Å². The fourth-order valence-corrected chi connectivity index (χ4v) is 5.15. The summed E-state index contributed by atoms with van der Waals surface area (Å²) in [5.41, 5.74) is 3.02. The fourth-order valence-electron chi connectivity index (χ4n) is 3.33. The third-order valence-electron chi connectivity index (χ3n) is 4.97. The van der Waals surface area contributed by atoms with Crippen molar-refractivity contribution in [1.29, 1.82) is 0 Å². The molecule has 2 aromatic rings. The van der Waals surface area contributed by atoms with Gasteiger partial charge in [-0.15, -0.1) is 0 Å². The Balaban J connectivity index is 1.79. The maximum Gasteiger partial charge on any atom is 0.255 e. The summed E-state index contributed by atoms with van der Waals surface area (Å²) in [5, 5.41) is 0. The van der Waals surface area contributed by atoms with Crippen LogP contribution in [0.3, 0.4) is 0 Å². The summed E-state index contributed by atoms with van der Waals surface area (Å²) in [7, 11) is -3.58. The van der Waals surface area contributed by atoms with Gasteiger partial charge in [0.05, 0.1) is 10.5 Å². The van der Waals surface area contributed by atoms with Crippen molar-refractivity contribution in [2.24, 2.45) is 0 Å². The molecule has 27 heavy (non-hydrogen) atoms. The molecule has 1 aliphatic heterocycles. The summed E-state index contributed by atoms with van der Waals surface area (Å²) in [6.07, 6.45) is 1.57. The SMILES string of the molecule is Cc1ccc(C)c(S(=O)(=O)N2CCN(C(=O)c3ccc(C)nc3)[C@@H](C)C2)c1. The number of nitrogens with zero attached hydrogens (tertiary/aromatic N) is 3. The first-order chi connectivity index (χ1) is 12.7. The molecule has 0 bridgehead atoms. The fraction of sp³-hybridized carbons (Fsp3) is 0.400. The Kier molecular flexibility index (Phi) is 5.35. The minimum atomic E-state index is -3.58. The minimum absolute atomic E-state index is 0.112. The Morgan fingerprint density at radius 1 is 1.11 bits per heavy atom. The van der Waals surface area contributed by atoms with Gasteiger partial charge in [-0.25, -0.2) is 8.42 Å². The number of aromatic nitrogens is 1. The van der Waals surface area contributed by atoms with E-state index in [-0.39, 0.29) is 25.0 Å². The lowest BCUT2D eigenvalue weighted by Crippen LogP contribution is -2.55. The van der Waals surface area contributed by atoms with Gasteiger partial charge in [-0.05, 0) is 57.0 Å². The highest BCUT2D eigenvalue weighted by atomic mass is 32.2. The Morgan fingerprint density at radius 3 is 2.48 bits per heavy atom.